The zero-order valence-electron chi connectivity index (χ0n) is 18.3. The second-order valence-corrected chi connectivity index (χ2v) is 8.49. The fourth-order valence-corrected chi connectivity index (χ4v) is 4.67. The number of aliphatic imine (C=N–C) groups is 1. The van der Waals surface area contributed by atoms with E-state index in [-0.39, 0.29) is 12.5 Å². The molecule has 0 atom stereocenters. The standard InChI is InChI=1S/C24H21BrN2O5S/c1-5-10-32-21-18(25)11-15(12-19(21)30-3)13-20-22(28)27(6-2)24(33-20)26-17-9-7-8-16(14-17)23(29)31-4/h1,7-9,11-14H,6,10H2,2-4H3. The number of carbonyl (C=O) groups is 2. The van der Waals surface area contributed by atoms with Crippen LogP contribution in [0.5, 0.6) is 11.5 Å². The van der Waals surface area contributed by atoms with Crippen molar-refractivity contribution in [1.29, 1.82) is 0 Å². The lowest BCUT2D eigenvalue weighted by Crippen LogP contribution is -2.28. The van der Waals surface area contributed by atoms with E-state index in [1.54, 1.807) is 41.3 Å². The number of likely N-dealkylation sites (N-methyl/N-ethyl adjacent to an activating group) is 1. The number of hydrogen-bond donors (Lipinski definition) is 0. The van der Waals surface area contributed by atoms with Crippen LogP contribution >= 0.6 is 27.7 Å². The molecular formula is C24H21BrN2O5S. The van der Waals surface area contributed by atoms with Gasteiger partial charge in [-0.2, -0.15) is 0 Å². The van der Waals surface area contributed by atoms with Crippen LogP contribution < -0.4 is 9.47 Å². The number of benzene rings is 2. The summed E-state index contributed by atoms with van der Waals surface area (Å²) in [7, 11) is 2.85. The van der Waals surface area contributed by atoms with Crippen LogP contribution in [0.15, 0.2) is 50.8 Å². The van der Waals surface area contributed by atoms with E-state index in [1.165, 1.54) is 26.0 Å². The molecule has 0 N–H and O–H groups in total. The molecule has 7 nitrogen and oxygen atoms in total. The van der Waals surface area contributed by atoms with Crippen molar-refractivity contribution in [2.45, 2.75) is 6.92 Å². The fourth-order valence-electron chi connectivity index (χ4n) is 3.03. The third-order valence-electron chi connectivity index (χ3n) is 4.55. The number of methoxy groups -OCH3 is 2. The molecule has 0 saturated carbocycles. The Morgan fingerprint density at radius 2 is 2.09 bits per heavy atom. The quantitative estimate of drug-likeness (QED) is 0.289. The van der Waals surface area contributed by atoms with Gasteiger partial charge in [0.1, 0.15) is 6.61 Å². The van der Waals surface area contributed by atoms with Gasteiger partial charge >= 0.3 is 5.97 Å². The van der Waals surface area contributed by atoms with E-state index in [0.717, 1.165) is 5.56 Å². The summed E-state index contributed by atoms with van der Waals surface area (Å²) in [5.74, 6) is 2.79. The van der Waals surface area contributed by atoms with Crippen molar-refractivity contribution in [2.24, 2.45) is 4.99 Å². The Morgan fingerprint density at radius 3 is 2.76 bits per heavy atom. The number of nitrogens with zero attached hydrogens (tertiary/aromatic N) is 2. The largest absolute Gasteiger partial charge is 0.493 e. The first kappa shape index (κ1) is 24.4. The summed E-state index contributed by atoms with van der Waals surface area (Å²) in [6.07, 6.45) is 7.04. The van der Waals surface area contributed by atoms with Crippen LogP contribution in [0.25, 0.3) is 6.08 Å². The van der Waals surface area contributed by atoms with E-state index in [9.17, 15) is 9.59 Å². The maximum atomic E-state index is 13.0. The molecule has 0 aromatic heterocycles. The highest BCUT2D eigenvalue weighted by molar-refractivity contribution is 9.10. The van der Waals surface area contributed by atoms with Crippen molar-refractivity contribution in [2.75, 3.05) is 27.4 Å². The smallest absolute Gasteiger partial charge is 0.337 e. The Labute approximate surface area is 204 Å². The van der Waals surface area contributed by atoms with Crippen LogP contribution in [0.2, 0.25) is 0 Å². The third kappa shape index (κ3) is 5.59. The van der Waals surface area contributed by atoms with Gasteiger partial charge in [-0.3, -0.25) is 9.69 Å². The Bertz CT molecular complexity index is 1190. The van der Waals surface area contributed by atoms with Crippen LogP contribution in [-0.2, 0) is 9.53 Å². The van der Waals surface area contributed by atoms with Crippen molar-refractivity contribution >= 4 is 56.5 Å². The molecule has 1 aliphatic rings. The molecule has 170 valence electrons. The van der Waals surface area contributed by atoms with E-state index >= 15 is 0 Å². The van der Waals surface area contributed by atoms with Crippen molar-refractivity contribution in [3.05, 3.63) is 56.9 Å². The van der Waals surface area contributed by atoms with Crippen molar-refractivity contribution in [3.63, 3.8) is 0 Å². The molecule has 2 aromatic carbocycles. The minimum Gasteiger partial charge on any atom is -0.493 e. The Balaban J connectivity index is 1.94. The minimum absolute atomic E-state index is 0.103. The summed E-state index contributed by atoms with van der Waals surface area (Å²) in [6, 6.07) is 10.3. The van der Waals surface area contributed by atoms with E-state index in [0.29, 0.717) is 43.8 Å². The first-order valence-corrected chi connectivity index (χ1v) is 11.4. The molecule has 2 aromatic rings. The number of rotatable bonds is 7. The summed E-state index contributed by atoms with van der Waals surface area (Å²) in [5, 5.41) is 0.524. The van der Waals surface area contributed by atoms with Gasteiger partial charge in [0, 0.05) is 6.54 Å². The molecule has 1 heterocycles. The molecule has 3 rings (SSSR count). The van der Waals surface area contributed by atoms with Crippen LogP contribution in [0.1, 0.15) is 22.8 Å². The maximum Gasteiger partial charge on any atom is 0.337 e. The lowest BCUT2D eigenvalue weighted by atomic mass is 10.2. The van der Waals surface area contributed by atoms with Gasteiger partial charge in [0.15, 0.2) is 16.7 Å². The molecule has 33 heavy (non-hydrogen) atoms. The van der Waals surface area contributed by atoms with E-state index < -0.39 is 5.97 Å². The van der Waals surface area contributed by atoms with Crippen LogP contribution in [0.4, 0.5) is 5.69 Å². The average molecular weight is 529 g/mol. The molecule has 0 aliphatic carbocycles. The van der Waals surface area contributed by atoms with Gasteiger partial charge in [-0.25, -0.2) is 9.79 Å². The highest BCUT2D eigenvalue weighted by Gasteiger charge is 2.32. The second-order valence-electron chi connectivity index (χ2n) is 6.62. The summed E-state index contributed by atoms with van der Waals surface area (Å²) in [6.45, 7) is 2.43. The zero-order chi connectivity index (χ0) is 24.0. The first-order chi connectivity index (χ1) is 15.9. The average Bonchev–Trinajstić information content (AvgIpc) is 3.11. The number of ether oxygens (including phenoxy) is 3. The Hall–Kier alpha value is -3.22. The predicted molar refractivity (Wildman–Crippen MR) is 133 cm³/mol. The molecule has 1 saturated heterocycles. The Morgan fingerprint density at radius 1 is 1.30 bits per heavy atom. The number of thioether (sulfide) groups is 1. The van der Waals surface area contributed by atoms with Gasteiger partial charge in [0.2, 0.25) is 0 Å². The molecule has 1 fully saturated rings. The van der Waals surface area contributed by atoms with E-state index in [4.69, 9.17) is 20.6 Å². The number of amidine groups is 1. The fraction of sp³-hybridized carbons (Fsp3) is 0.208. The maximum absolute atomic E-state index is 13.0. The number of carbonyl (C=O) groups excluding carboxylic acids is 2. The molecule has 0 spiro atoms. The summed E-state index contributed by atoms with van der Waals surface area (Å²) < 4.78 is 16.4. The van der Waals surface area contributed by atoms with Gasteiger partial charge < -0.3 is 14.2 Å². The van der Waals surface area contributed by atoms with E-state index in [2.05, 4.69) is 26.8 Å². The first-order valence-electron chi connectivity index (χ1n) is 9.84. The van der Waals surface area contributed by atoms with Gasteiger partial charge in [0.25, 0.3) is 5.91 Å². The normalized spacial score (nSPS) is 15.6. The van der Waals surface area contributed by atoms with Gasteiger partial charge in [0.05, 0.1) is 34.8 Å². The number of esters is 1. The number of amides is 1. The van der Waals surface area contributed by atoms with E-state index in [1.807, 2.05) is 13.0 Å². The Kier molecular flexibility index (Phi) is 8.20. The zero-order valence-corrected chi connectivity index (χ0v) is 20.7. The van der Waals surface area contributed by atoms with Gasteiger partial charge in [-0.05, 0) is 76.6 Å². The summed E-state index contributed by atoms with van der Waals surface area (Å²) >= 11 is 4.73. The predicted octanol–water partition coefficient (Wildman–Crippen LogP) is 4.88. The summed E-state index contributed by atoms with van der Waals surface area (Å²) in [5.41, 5.74) is 1.68. The minimum atomic E-state index is -0.450. The SMILES string of the molecule is C#CCOc1c(Br)cc(C=C2SC(=Nc3cccc(C(=O)OC)c3)N(CC)C2=O)cc1OC. The lowest BCUT2D eigenvalue weighted by molar-refractivity contribution is -0.122. The van der Waals surface area contributed by atoms with Gasteiger partial charge in [-0.1, -0.05) is 12.0 Å². The van der Waals surface area contributed by atoms with Crippen molar-refractivity contribution < 1.29 is 23.8 Å². The van der Waals surface area contributed by atoms with Crippen LogP contribution in [0.3, 0.4) is 0 Å². The molecule has 0 bridgehead atoms. The molecule has 0 unspecified atom stereocenters. The monoisotopic (exact) mass is 528 g/mol. The highest BCUT2D eigenvalue weighted by atomic mass is 79.9. The highest BCUT2D eigenvalue weighted by Crippen LogP contribution is 2.39. The number of terminal acetylenes is 1. The number of halogens is 1. The van der Waals surface area contributed by atoms with Crippen molar-refractivity contribution in [1.82, 2.24) is 4.90 Å². The second kappa shape index (κ2) is 11.1. The topological polar surface area (TPSA) is 77.4 Å². The van der Waals surface area contributed by atoms with Crippen molar-refractivity contribution in [3.8, 4) is 23.8 Å². The number of hydrogen-bond acceptors (Lipinski definition) is 7. The summed E-state index contributed by atoms with van der Waals surface area (Å²) in [4.78, 5) is 31.5. The molecule has 9 heteroatoms. The third-order valence-corrected chi connectivity index (χ3v) is 6.14. The molecule has 1 amide bonds. The molecular weight excluding hydrogens is 508 g/mol. The molecule has 0 radical (unpaired) electrons. The van der Waals surface area contributed by atoms with Crippen LogP contribution in [-0.4, -0.2) is 49.3 Å². The van der Waals surface area contributed by atoms with Gasteiger partial charge in [-0.15, -0.1) is 6.42 Å². The lowest BCUT2D eigenvalue weighted by Gasteiger charge is -2.12. The van der Waals surface area contributed by atoms with Crippen LogP contribution in [0, 0.1) is 12.3 Å². The molecule has 1 aliphatic heterocycles.